The lowest BCUT2D eigenvalue weighted by Gasteiger charge is -2.30. The minimum Gasteiger partial charge on any atom is -0.392 e. The number of aliphatic hydroxyl groups excluding tert-OH is 1. The van der Waals surface area contributed by atoms with Crippen LogP contribution in [0.2, 0.25) is 0 Å². The quantitative estimate of drug-likeness (QED) is 0.761. The lowest BCUT2D eigenvalue weighted by Crippen LogP contribution is -2.43. The summed E-state index contributed by atoms with van der Waals surface area (Å²) in [7, 11) is 1.67. The third-order valence-corrected chi connectivity index (χ3v) is 3.47. The fourth-order valence-electron chi connectivity index (χ4n) is 2.55. The number of aliphatic hydroxyl groups is 1. The van der Waals surface area contributed by atoms with E-state index in [0.29, 0.717) is 19.4 Å². The van der Waals surface area contributed by atoms with Crippen molar-refractivity contribution >= 4 is 5.91 Å². The Morgan fingerprint density at radius 3 is 2.35 bits per heavy atom. The van der Waals surface area contributed by atoms with Crippen LogP contribution in [0.3, 0.4) is 0 Å². The highest BCUT2D eigenvalue weighted by Gasteiger charge is 2.40. The average Bonchev–Trinajstić information content (AvgIpc) is 2.53. The van der Waals surface area contributed by atoms with Crippen molar-refractivity contribution in [1.29, 1.82) is 5.26 Å². The van der Waals surface area contributed by atoms with Gasteiger partial charge in [-0.25, -0.2) is 0 Å². The highest BCUT2D eigenvalue weighted by molar-refractivity contribution is 5.85. The molecule has 1 amide bonds. The van der Waals surface area contributed by atoms with E-state index < -0.39 is 11.5 Å². The zero-order valence-electron chi connectivity index (χ0n) is 10.8. The third kappa shape index (κ3) is 3.44. The fourth-order valence-corrected chi connectivity index (χ4v) is 2.55. The Hall–Kier alpha value is -1.08. The van der Waals surface area contributed by atoms with Crippen molar-refractivity contribution in [2.75, 3.05) is 13.6 Å². The first-order valence-corrected chi connectivity index (χ1v) is 6.37. The summed E-state index contributed by atoms with van der Waals surface area (Å²) in [5.74, 6) is -0.122. The SMILES string of the molecule is CC(O)CN(C)C(=O)C1(C#N)CCCCCC1. The van der Waals surface area contributed by atoms with Crippen LogP contribution < -0.4 is 0 Å². The van der Waals surface area contributed by atoms with Crippen molar-refractivity contribution in [3.8, 4) is 6.07 Å². The van der Waals surface area contributed by atoms with Gasteiger partial charge in [-0.1, -0.05) is 25.7 Å². The van der Waals surface area contributed by atoms with Gasteiger partial charge in [0.2, 0.25) is 5.91 Å². The van der Waals surface area contributed by atoms with Gasteiger partial charge >= 0.3 is 0 Å². The Morgan fingerprint density at radius 1 is 1.41 bits per heavy atom. The van der Waals surface area contributed by atoms with E-state index in [9.17, 15) is 15.2 Å². The van der Waals surface area contributed by atoms with Gasteiger partial charge in [-0.15, -0.1) is 0 Å². The van der Waals surface area contributed by atoms with E-state index in [-0.39, 0.29) is 5.91 Å². The van der Waals surface area contributed by atoms with Crippen molar-refractivity contribution in [1.82, 2.24) is 4.90 Å². The van der Waals surface area contributed by atoms with Gasteiger partial charge in [0.15, 0.2) is 0 Å². The number of hydrogen-bond acceptors (Lipinski definition) is 3. The van der Waals surface area contributed by atoms with Crippen LogP contribution in [0, 0.1) is 16.7 Å². The molecule has 1 aliphatic rings. The van der Waals surface area contributed by atoms with Crippen molar-refractivity contribution in [3.63, 3.8) is 0 Å². The van der Waals surface area contributed by atoms with E-state index in [0.717, 1.165) is 25.7 Å². The first-order valence-electron chi connectivity index (χ1n) is 6.37. The van der Waals surface area contributed by atoms with Gasteiger partial charge in [0.1, 0.15) is 5.41 Å². The van der Waals surface area contributed by atoms with Crippen LogP contribution in [0.4, 0.5) is 0 Å². The summed E-state index contributed by atoms with van der Waals surface area (Å²) in [6.45, 7) is 1.94. The average molecular weight is 238 g/mol. The summed E-state index contributed by atoms with van der Waals surface area (Å²) in [4.78, 5) is 13.8. The maximum Gasteiger partial charge on any atom is 0.242 e. The predicted octanol–water partition coefficient (Wildman–Crippen LogP) is 1.69. The largest absolute Gasteiger partial charge is 0.392 e. The molecular weight excluding hydrogens is 216 g/mol. The molecule has 4 heteroatoms. The maximum absolute atomic E-state index is 12.3. The lowest BCUT2D eigenvalue weighted by molar-refractivity contribution is -0.139. The van der Waals surface area contributed by atoms with E-state index in [1.165, 1.54) is 4.90 Å². The molecule has 0 aliphatic heterocycles. The standard InChI is InChI=1S/C13H22N2O2/c1-11(16)9-15(2)12(17)13(10-14)7-5-3-4-6-8-13/h11,16H,3-9H2,1-2H3. The maximum atomic E-state index is 12.3. The molecule has 1 fully saturated rings. The van der Waals surface area contributed by atoms with Gasteiger partial charge in [0.05, 0.1) is 12.2 Å². The minimum atomic E-state index is -0.847. The molecule has 96 valence electrons. The molecule has 1 aliphatic carbocycles. The Labute approximate surface area is 103 Å². The molecule has 4 nitrogen and oxygen atoms in total. The van der Waals surface area contributed by atoms with Crippen LogP contribution in [0.15, 0.2) is 0 Å². The monoisotopic (exact) mass is 238 g/mol. The number of hydrogen-bond donors (Lipinski definition) is 1. The molecule has 0 aromatic heterocycles. The number of amides is 1. The molecule has 0 radical (unpaired) electrons. The van der Waals surface area contributed by atoms with Gasteiger partial charge in [-0.3, -0.25) is 4.79 Å². The molecule has 1 unspecified atom stereocenters. The van der Waals surface area contributed by atoms with Gasteiger partial charge in [-0.2, -0.15) is 5.26 Å². The minimum absolute atomic E-state index is 0.122. The normalized spacial score (nSPS) is 21.1. The van der Waals surface area contributed by atoms with Crippen molar-refractivity contribution in [3.05, 3.63) is 0 Å². The zero-order chi connectivity index (χ0) is 12.9. The summed E-state index contributed by atoms with van der Waals surface area (Å²) in [6, 6.07) is 2.24. The number of nitriles is 1. The smallest absolute Gasteiger partial charge is 0.242 e. The summed E-state index contributed by atoms with van der Waals surface area (Å²) in [5.41, 5.74) is -0.847. The van der Waals surface area contributed by atoms with Crippen LogP contribution in [0.5, 0.6) is 0 Å². The lowest BCUT2D eigenvalue weighted by atomic mass is 9.80. The molecular formula is C13H22N2O2. The van der Waals surface area contributed by atoms with Gasteiger partial charge < -0.3 is 10.0 Å². The van der Waals surface area contributed by atoms with Crippen LogP contribution in [-0.4, -0.2) is 35.6 Å². The van der Waals surface area contributed by atoms with E-state index in [4.69, 9.17) is 0 Å². The number of rotatable bonds is 3. The second kappa shape index (κ2) is 6.02. The van der Waals surface area contributed by atoms with Gasteiger partial charge in [-0.05, 0) is 19.8 Å². The zero-order valence-corrected chi connectivity index (χ0v) is 10.8. The Balaban J connectivity index is 2.77. The molecule has 0 heterocycles. The van der Waals surface area contributed by atoms with Crippen LogP contribution in [-0.2, 0) is 4.79 Å². The second-order valence-corrected chi connectivity index (χ2v) is 5.14. The summed E-state index contributed by atoms with van der Waals surface area (Å²) in [5, 5.41) is 18.7. The number of nitrogens with zero attached hydrogens (tertiary/aromatic N) is 2. The first kappa shape index (κ1) is 14.0. The molecule has 17 heavy (non-hydrogen) atoms. The summed E-state index contributed by atoms with van der Waals surface area (Å²) in [6.07, 6.45) is 4.88. The van der Waals surface area contributed by atoms with E-state index in [2.05, 4.69) is 6.07 Å². The highest BCUT2D eigenvalue weighted by atomic mass is 16.3. The van der Waals surface area contributed by atoms with E-state index >= 15 is 0 Å². The van der Waals surface area contributed by atoms with Crippen LogP contribution in [0.25, 0.3) is 0 Å². The molecule has 1 saturated carbocycles. The van der Waals surface area contributed by atoms with Crippen molar-refractivity contribution in [2.24, 2.45) is 5.41 Å². The van der Waals surface area contributed by atoms with Crippen LogP contribution in [0.1, 0.15) is 45.4 Å². The molecule has 1 rings (SSSR count). The van der Waals surface area contributed by atoms with Gasteiger partial charge in [0.25, 0.3) is 0 Å². The molecule has 0 bridgehead atoms. The number of carbonyl (C=O) groups excluding carboxylic acids is 1. The molecule has 0 aromatic rings. The van der Waals surface area contributed by atoms with Crippen molar-refractivity contribution < 1.29 is 9.90 Å². The Morgan fingerprint density at radius 2 is 1.94 bits per heavy atom. The highest BCUT2D eigenvalue weighted by Crippen LogP contribution is 2.36. The topological polar surface area (TPSA) is 64.3 Å². The van der Waals surface area contributed by atoms with Crippen molar-refractivity contribution in [2.45, 2.75) is 51.6 Å². The predicted molar refractivity (Wildman–Crippen MR) is 65.1 cm³/mol. The molecule has 0 aromatic carbocycles. The number of likely N-dealkylation sites (N-methyl/N-ethyl adjacent to an activating group) is 1. The first-order chi connectivity index (χ1) is 8.02. The molecule has 0 spiro atoms. The van der Waals surface area contributed by atoms with E-state index in [1.54, 1.807) is 14.0 Å². The Kier molecular flexibility index (Phi) is 4.95. The number of carbonyl (C=O) groups is 1. The molecule has 1 atom stereocenters. The van der Waals surface area contributed by atoms with E-state index in [1.807, 2.05) is 0 Å². The second-order valence-electron chi connectivity index (χ2n) is 5.14. The van der Waals surface area contributed by atoms with Gasteiger partial charge in [0, 0.05) is 13.6 Å². The third-order valence-electron chi connectivity index (χ3n) is 3.47. The summed E-state index contributed by atoms with van der Waals surface area (Å²) < 4.78 is 0. The Bertz CT molecular complexity index is 299. The molecule has 1 N–H and O–H groups in total. The molecule has 0 saturated heterocycles. The van der Waals surface area contributed by atoms with Crippen LogP contribution >= 0.6 is 0 Å². The summed E-state index contributed by atoms with van der Waals surface area (Å²) >= 11 is 0. The fraction of sp³-hybridized carbons (Fsp3) is 0.846.